The van der Waals surface area contributed by atoms with Crippen molar-refractivity contribution in [3.63, 3.8) is 0 Å². The van der Waals surface area contributed by atoms with E-state index in [1.54, 1.807) is 20.8 Å². The molecule has 1 unspecified atom stereocenters. The number of likely N-dealkylation sites (N-methyl/N-ethyl adjacent to an activating group) is 1. The second kappa shape index (κ2) is 10.5. The van der Waals surface area contributed by atoms with Crippen LogP contribution in [0.15, 0.2) is 18.2 Å². The first kappa shape index (κ1) is 26.3. The summed E-state index contributed by atoms with van der Waals surface area (Å²) in [6.07, 6.45) is -2.68. The largest absolute Gasteiger partial charge is 0.492 e. The second-order valence-corrected chi connectivity index (χ2v) is 9.78. The van der Waals surface area contributed by atoms with Crippen LogP contribution in [0.1, 0.15) is 56.8 Å². The van der Waals surface area contributed by atoms with E-state index in [1.807, 2.05) is 7.05 Å². The van der Waals surface area contributed by atoms with E-state index >= 15 is 0 Å². The van der Waals surface area contributed by atoms with Crippen molar-refractivity contribution in [3.05, 3.63) is 23.8 Å². The lowest BCUT2D eigenvalue weighted by molar-refractivity contribution is -0.171. The van der Waals surface area contributed by atoms with Crippen molar-refractivity contribution in [1.82, 2.24) is 4.90 Å². The molecule has 0 saturated carbocycles. The highest BCUT2D eigenvalue weighted by atomic mass is 19.4. The molecule has 1 amide bonds. The molecule has 2 saturated heterocycles. The van der Waals surface area contributed by atoms with E-state index in [4.69, 9.17) is 14.2 Å². The minimum atomic E-state index is -5.12. The molecule has 0 bridgehead atoms. The van der Waals surface area contributed by atoms with Gasteiger partial charge in [-0.05, 0) is 72.2 Å². The third kappa shape index (κ3) is 6.63. The molecule has 10 heteroatoms. The fourth-order valence-electron chi connectivity index (χ4n) is 4.24. The Morgan fingerprint density at radius 3 is 2.38 bits per heavy atom. The van der Waals surface area contributed by atoms with Gasteiger partial charge in [0.05, 0.1) is 11.3 Å². The number of carbonyl (C=O) groups is 2. The lowest BCUT2D eigenvalue weighted by atomic mass is 10.0. The number of esters is 1. The summed E-state index contributed by atoms with van der Waals surface area (Å²) in [5, 5.41) is 0. The van der Waals surface area contributed by atoms with Crippen LogP contribution < -0.4 is 9.64 Å². The Balaban J connectivity index is 2.01. The predicted molar refractivity (Wildman–Crippen MR) is 120 cm³/mol. The predicted octanol–water partition coefficient (Wildman–Crippen LogP) is 4.19. The molecule has 0 aliphatic carbocycles. The summed E-state index contributed by atoms with van der Waals surface area (Å²) in [4.78, 5) is 28.4. The van der Waals surface area contributed by atoms with Gasteiger partial charge in [-0.1, -0.05) is 0 Å². The number of hydrogen-bond donors (Lipinski definition) is 0. The minimum Gasteiger partial charge on any atom is -0.492 e. The molecule has 1 aromatic rings. The number of alkyl halides is 3. The van der Waals surface area contributed by atoms with Gasteiger partial charge in [0, 0.05) is 31.4 Å². The van der Waals surface area contributed by atoms with E-state index in [0.29, 0.717) is 11.5 Å². The van der Waals surface area contributed by atoms with Crippen molar-refractivity contribution in [2.45, 2.75) is 70.3 Å². The van der Waals surface area contributed by atoms with Crippen LogP contribution >= 0.6 is 0 Å². The zero-order valence-corrected chi connectivity index (χ0v) is 20.1. The van der Waals surface area contributed by atoms with E-state index in [9.17, 15) is 22.8 Å². The molecule has 7 nitrogen and oxygen atoms in total. The summed E-state index contributed by atoms with van der Waals surface area (Å²) < 4.78 is 57.6. The second-order valence-electron chi connectivity index (χ2n) is 9.78. The van der Waals surface area contributed by atoms with Crippen LogP contribution in [0.25, 0.3) is 0 Å². The lowest BCUT2D eigenvalue weighted by Gasteiger charge is -2.36. The number of rotatable bonds is 6. The Hall–Kier alpha value is -2.33. The Kier molecular flexibility index (Phi) is 8.13. The van der Waals surface area contributed by atoms with Gasteiger partial charge in [0.25, 0.3) is 0 Å². The maximum atomic E-state index is 13.7. The number of hydrogen-bond acceptors (Lipinski definition) is 6. The van der Waals surface area contributed by atoms with Crippen molar-refractivity contribution >= 4 is 17.6 Å². The number of ether oxygens (including phenoxy) is 3. The molecule has 0 aromatic heterocycles. The van der Waals surface area contributed by atoms with Gasteiger partial charge in [0.15, 0.2) is 0 Å². The maximum Gasteiger partial charge on any atom is 0.471 e. The average molecular weight is 487 g/mol. The van der Waals surface area contributed by atoms with Crippen LogP contribution in [-0.4, -0.2) is 74.1 Å². The normalized spacial score (nSPS) is 20.3. The highest BCUT2D eigenvalue weighted by Gasteiger charge is 2.46. The van der Waals surface area contributed by atoms with Crippen LogP contribution in [0.4, 0.5) is 18.9 Å². The van der Waals surface area contributed by atoms with Gasteiger partial charge in [-0.25, -0.2) is 4.79 Å². The highest BCUT2D eigenvalue weighted by molar-refractivity contribution is 6.05. The number of amides is 1. The molecule has 2 aliphatic heterocycles. The molecule has 2 heterocycles. The molecule has 1 aromatic carbocycles. The van der Waals surface area contributed by atoms with Crippen molar-refractivity contribution in [2.24, 2.45) is 0 Å². The van der Waals surface area contributed by atoms with Gasteiger partial charge in [0.1, 0.15) is 18.0 Å². The summed E-state index contributed by atoms with van der Waals surface area (Å²) in [5.74, 6) is -2.55. The van der Waals surface area contributed by atoms with Gasteiger partial charge in [-0.2, -0.15) is 13.2 Å². The van der Waals surface area contributed by atoms with Crippen LogP contribution in [0, 0.1) is 0 Å². The van der Waals surface area contributed by atoms with Crippen molar-refractivity contribution in [3.8, 4) is 5.75 Å². The molecule has 1 atom stereocenters. The van der Waals surface area contributed by atoms with Crippen LogP contribution in [0.5, 0.6) is 5.75 Å². The fraction of sp³-hybridized carbons (Fsp3) is 0.667. The Morgan fingerprint density at radius 2 is 1.82 bits per heavy atom. The zero-order chi connectivity index (χ0) is 25.1. The average Bonchev–Trinajstić information content (AvgIpc) is 3.16. The summed E-state index contributed by atoms with van der Waals surface area (Å²) in [7, 11) is 1.99. The fourth-order valence-corrected chi connectivity index (χ4v) is 4.24. The molecule has 0 spiro atoms. The standard InChI is InChI=1S/C24H33F3N2O5/c1-23(2,3)34-21(30)19-8-7-18(33-15-17-6-5-11-28(17)4)14-20(19)29(22(31)24(25,26)27)16-9-12-32-13-10-16/h7-8,14,16-17H,5-6,9-13,15H2,1-4H3. The summed E-state index contributed by atoms with van der Waals surface area (Å²) in [6.45, 7) is 6.74. The topological polar surface area (TPSA) is 68.3 Å². The molecular weight excluding hydrogens is 453 g/mol. The third-order valence-electron chi connectivity index (χ3n) is 5.98. The quantitative estimate of drug-likeness (QED) is 0.562. The Labute approximate surface area is 198 Å². The van der Waals surface area contributed by atoms with Crippen LogP contribution in [-0.2, 0) is 14.3 Å². The number of likely N-dealkylation sites (tertiary alicyclic amines) is 1. The number of benzene rings is 1. The van der Waals surface area contributed by atoms with Gasteiger partial charge in [0.2, 0.25) is 0 Å². The van der Waals surface area contributed by atoms with Crippen LogP contribution in [0.2, 0.25) is 0 Å². The molecule has 2 aliphatic rings. The number of halogens is 3. The number of anilines is 1. The van der Waals surface area contributed by atoms with Crippen molar-refractivity contribution in [1.29, 1.82) is 0 Å². The van der Waals surface area contributed by atoms with Crippen LogP contribution in [0.3, 0.4) is 0 Å². The molecule has 190 valence electrons. The molecule has 2 fully saturated rings. The Bertz CT molecular complexity index is 878. The van der Waals surface area contributed by atoms with Gasteiger partial charge in [-0.15, -0.1) is 0 Å². The van der Waals surface area contributed by atoms with Gasteiger partial charge in [-0.3, -0.25) is 4.79 Å². The smallest absolute Gasteiger partial charge is 0.471 e. The van der Waals surface area contributed by atoms with E-state index in [2.05, 4.69) is 4.90 Å². The van der Waals surface area contributed by atoms with E-state index in [1.165, 1.54) is 18.2 Å². The first-order chi connectivity index (χ1) is 15.9. The Morgan fingerprint density at radius 1 is 1.15 bits per heavy atom. The van der Waals surface area contributed by atoms with E-state index < -0.39 is 29.7 Å². The minimum absolute atomic E-state index is 0.121. The summed E-state index contributed by atoms with van der Waals surface area (Å²) in [5.41, 5.74) is -1.15. The first-order valence-electron chi connectivity index (χ1n) is 11.6. The zero-order valence-electron chi connectivity index (χ0n) is 20.1. The monoisotopic (exact) mass is 486 g/mol. The van der Waals surface area contributed by atoms with E-state index in [0.717, 1.165) is 19.4 Å². The summed E-state index contributed by atoms with van der Waals surface area (Å²) in [6, 6.07) is 3.65. The number of carbonyl (C=O) groups excluding carboxylic acids is 2. The third-order valence-corrected chi connectivity index (χ3v) is 5.98. The molecule has 0 radical (unpaired) electrons. The molecule has 34 heavy (non-hydrogen) atoms. The summed E-state index contributed by atoms with van der Waals surface area (Å²) >= 11 is 0. The first-order valence-corrected chi connectivity index (χ1v) is 11.6. The van der Waals surface area contributed by atoms with Crippen molar-refractivity contribution in [2.75, 3.05) is 38.3 Å². The molecule has 0 N–H and O–H groups in total. The van der Waals surface area contributed by atoms with Gasteiger partial charge >= 0.3 is 18.1 Å². The van der Waals surface area contributed by atoms with Crippen molar-refractivity contribution < 1.29 is 37.0 Å². The SMILES string of the molecule is CN1CCCC1COc1ccc(C(=O)OC(C)(C)C)c(N(C(=O)C(F)(F)F)C2CCOCC2)c1. The van der Waals surface area contributed by atoms with Gasteiger partial charge < -0.3 is 24.0 Å². The molecular formula is C24H33F3N2O5. The maximum absolute atomic E-state index is 13.7. The number of nitrogens with zero attached hydrogens (tertiary/aromatic N) is 2. The molecule has 3 rings (SSSR count). The lowest BCUT2D eigenvalue weighted by Crippen LogP contribution is -2.50. The van der Waals surface area contributed by atoms with E-state index in [-0.39, 0.29) is 49.1 Å². The highest BCUT2D eigenvalue weighted by Crippen LogP contribution is 2.35.